The highest BCUT2D eigenvalue weighted by Crippen LogP contribution is 2.31. The van der Waals surface area contributed by atoms with Crippen LogP contribution < -0.4 is 4.90 Å². The van der Waals surface area contributed by atoms with Gasteiger partial charge >= 0.3 is 0 Å². The summed E-state index contributed by atoms with van der Waals surface area (Å²) in [5.41, 5.74) is 0.335. The molecule has 3 heterocycles. The zero-order chi connectivity index (χ0) is 19.0. The van der Waals surface area contributed by atoms with E-state index < -0.39 is 5.82 Å². The summed E-state index contributed by atoms with van der Waals surface area (Å²) in [6.45, 7) is 4.59. The quantitative estimate of drug-likeness (QED) is 0.661. The van der Waals surface area contributed by atoms with Crippen molar-refractivity contribution >= 4 is 44.9 Å². The molecule has 0 bridgehead atoms. The van der Waals surface area contributed by atoms with Crippen LogP contribution in [0.25, 0.3) is 10.2 Å². The number of carbonyl (C=O) groups excluding carboxylic acids is 1. The van der Waals surface area contributed by atoms with Gasteiger partial charge in [-0.25, -0.2) is 14.4 Å². The van der Waals surface area contributed by atoms with Crippen molar-refractivity contribution in [2.24, 2.45) is 0 Å². The van der Waals surface area contributed by atoms with Crippen LogP contribution in [0.3, 0.4) is 0 Å². The number of thiophene rings is 1. The first-order valence-corrected chi connectivity index (χ1v) is 9.99. The summed E-state index contributed by atoms with van der Waals surface area (Å²) in [7, 11) is 0. The summed E-state index contributed by atoms with van der Waals surface area (Å²) in [6, 6.07) is 6.03. The highest BCUT2D eigenvalue weighted by Gasteiger charge is 2.25. The van der Waals surface area contributed by atoms with Crippen molar-refractivity contribution in [3.05, 3.63) is 51.9 Å². The summed E-state index contributed by atoms with van der Waals surface area (Å²) in [6.07, 6.45) is 2.57. The molecule has 1 saturated heterocycles. The van der Waals surface area contributed by atoms with Crippen molar-refractivity contribution in [2.45, 2.75) is 13.3 Å². The third kappa shape index (κ3) is 3.49. The Labute approximate surface area is 165 Å². The van der Waals surface area contributed by atoms with Gasteiger partial charge in [0.15, 0.2) is 0 Å². The van der Waals surface area contributed by atoms with E-state index in [0.717, 1.165) is 22.5 Å². The highest BCUT2D eigenvalue weighted by atomic mass is 35.5. The topological polar surface area (TPSA) is 49.3 Å². The molecule has 8 heteroatoms. The van der Waals surface area contributed by atoms with Crippen LogP contribution in [0.1, 0.15) is 22.2 Å². The van der Waals surface area contributed by atoms with Crippen LogP contribution in [-0.4, -0.2) is 47.0 Å². The van der Waals surface area contributed by atoms with E-state index in [1.165, 1.54) is 23.1 Å². The third-order valence-electron chi connectivity index (χ3n) is 4.74. The summed E-state index contributed by atoms with van der Waals surface area (Å²) in [5.74, 6) is 0.301. The van der Waals surface area contributed by atoms with Crippen molar-refractivity contribution < 1.29 is 9.18 Å². The third-order valence-corrected chi connectivity index (χ3v) is 6.24. The molecule has 4 rings (SSSR count). The number of piperazine rings is 1. The van der Waals surface area contributed by atoms with Gasteiger partial charge in [-0.3, -0.25) is 4.79 Å². The van der Waals surface area contributed by atoms with Gasteiger partial charge in [-0.2, -0.15) is 0 Å². The number of aromatic nitrogens is 2. The molecule has 0 saturated carbocycles. The molecule has 0 atom stereocenters. The van der Waals surface area contributed by atoms with E-state index in [2.05, 4.69) is 27.9 Å². The molecule has 1 fully saturated rings. The molecule has 0 N–H and O–H groups in total. The monoisotopic (exact) mass is 404 g/mol. The fraction of sp³-hybridized carbons (Fsp3) is 0.316. The van der Waals surface area contributed by atoms with Crippen molar-refractivity contribution in [1.82, 2.24) is 14.9 Å². The minimum absolute atomic E-state index is 0.144. The summed E-state index contributed by atoms with van der Waals surface area (Å²) in [4.78, 5) is 27.8. The van der Waals surface area contributed by atoms with Crippen LogP contribution in [0.5, 0.6) is 0 Å². The standard InChI is InChI=1S/C19H18ClFN4OS/c1-2-13-10-15-17(22-11-23-18(15)27-13)24-5-7-25(8-6-24)19(26)14-4-3-12(21)9-16(14)20/h3-4,9-11H,2,5-8H2,1H3. The fourth-order valence-corrected chi connectivity index (χ4v) is 4.45. The number of aryl methyl sites for hydroxylation is 1. The number of rotatable bonds is 3. The maximum atomic E-state index is 13.2. The van der Waals surface area contributed by atoms with Crippen LogP contribution >= 0.6 is 22.9 Å². The number of hydrogen-bond donors (Lipinski definition) is 0. The lowest BCUT2D eigenvalue weighted by atomic mass is 10.1. The summed E-state index contributed by atoms with van der Waals surface area (Å²) in [5, 5.41) is 1.21. The average Bonchev–Trinajstić information content (AvgIpc) is 3.11. The number of hydrogen-bond acceptors (Lipinski definition) is 5. The normalized spacial score (nSPS) is 14.8. The zero-order valence-corrected chi connectivity index (χ0v) is 16.4. The molecule has 2 aromatic heterocycles. The Morgan fingerprint density at radius 3 is 2.70 bits per heavy atom. The lowest BCUT2D eigenvalue weighted by Gasteiger charge is -2.35. The lowest BCUT2D eigenvalue weighted by molar-refractivity contribution is 0.0746. The van der Waals surface area contributed by atoms with Crippen LogP contribution in [0.2, 0.25) is 5.02 Å². The Kier molecular flexibility index (Phi) is 4.97. The van der Waals surface area contributed by atoms with Gasteiger partial charge in [0.2, 0.25) is 0 Å². The molecule has 0 radical (unpaired) electrons. The van der Waals surface area contributed by atoms with Crippen molar-refractivity contribution in [2.75, 3.05) is 31.1 Å². The number of nitrogens with zero attached hydrogens (tertiary/aromatic N) is 4. The summed E-state index contributed by atoms with van der Waals surface area (Å²) < 4.78 is 13.2. The highest BCUT2D eigenvalue weighted by molar-refractivity contribution is 7.18. The lowest BCUT2D eigenvalue weighted by Crippen LogP contribution is -2.49. The van der Waals surface area contributed by atoms with Crippen LogP contribution in [-0.2, 0) is 6.42 Å². The number of halogens is 2. The first-order chi connectivity index (χ1) is 13.1. The Bertz CT molecular complexity index is 1000. The van der Waals surface area contributed by atoms with Crippen molar-refractivity contribution in [3.8, 4) is 0 Å². The van der Waals surface area contributed by atoms with Gasteiger partial charge in [0.05, 0.1) is 16.0 Å². The average molecular weight is 405 g/mol. The molecule has 0 unspecified atom stereocenters. The molecule has 1 aliphatic heterocycles. The molecular formula is C19H18ClFN4OS. The fourth-order valence-electron chi connectivity index (χ4n) is 3.27. The molecule has 0 spiro atoms. The predicted molar refractivity (Wildman–Crippen MR) is 106 cm³/mol. The van der Waals surface area contributed by atoms with Gasteiger partial charge in [0.25, 0.3) is 5.91 Å². The second kappa shape index (κ2) is 7.40. The van der Waals surface area contributed by atoms with Gasteiger partial charge in [-0.15, -0.1) is 11.3 Å². The zero-order valence-electron chi connectivity index (χ0n) is 14.8. The maximum absolute atomic E-state index is 13.2. The van der Waals surface area contributed by atoms with Gasteiger partial charge in [0.1, 0.15) is 22.8 Å². The molecule has 1 aromatic carbocycles. The van der Waals surface area contributed by atoms with Gasteiger partial charge in [-0.1, -0.05) is 18.5 Å². The largest absolute Gasteiger partial charge is 0.352 e. The van der Waals surface area contributed by atoms with E-state index >= 15 is 0 Å². The Morgan fingerprint density at radius 2 is 2.00 bits per heavy atom. The van der Waals surface area contributed by atoms with Gasteiger partial charge < -0.3 is 9.80 Å². The smallest absolute Gasteiger partial charge is 0.255 e. The van der Waals surface area contributed by atoms with Crippen molar-refractivity contribution in [1.29, 1.82) is 0 Å². The van der Waals surface area contributed by atoms with Gasteiger partial charge in [-0.05, 0) is 30.7 Å². The Balaban J connectivity index is 1.51. The van der Waals surface area contributed by atoms with Crippen LogP contribution in [0.4, 0.5) is 10.2 Å². The SMILES string of the molecule is CCc1cc2c(N3CCN(C(=O)c4ccc(F)cc4Cl)CC3)ncnc2s1. The number of amides is 1. The number of fused-ring (bicyclic) bond motifs is 1. The Morgan fingerprint density at radius 1 is 1.22 bits per heavy atom. The Hall–Kier alpha value is -2.25. The van der Waals surface area contributed by atoms with E-state index in [-0.39, 0.29) is 10.9 Å². The van der Waals surface area contributed by atoms with E-state index in [0.29, 0.717) is 31.7 Å². The molecule has 1 amide bonds. The molecule has 1 aliphatic rings. The number of anilines is 1. The van der Waals surface area contributed by atoms with E-state index in [9.17, 15) is 9.18 Å². The van der Waals surface area contributed by atoms with Crippen molar-refractivity contribution in [3.63, 3.8) is 0 Å². The minimum atomic E-state index is -0.448. The summed E-state index contributed by atoms with van der Waals surface area (Å²) >= 11 is 7.73. The predicted octanol–water partition coefficient (Wildman–Crippen LogP) is 4.01. The van der Waals surface area contributed by atoms with Crippen LogP contribution in [0, 0.1) is 5.82 Å². The number of carbonyl (C=O) groups is 1. The van der Waals surface area contributed by atoms with E-state index in [1.54, 1.807) is 22.6 Å². The van der Waals surface area contributed by atoms with E-state index in [1.807, 2.05) is 0 Å². The second-order valence-electron chi connectivity index (χ2n) is 6.39. The first kappa shape index (κ1) is 18.1. The van der Waals surface area contributed by atoms with E-state index in [4.69, 9.17) is 11.6 Å². The van der Waals surface area contributed by atoms with Gasteiger partial charge in [0, 0.05) is 31.1 Å². The molecule has 0 aliphatic carbocycles. The molecule has 3 aromatic rings. The maximum Gasteiger partial charge on any atom is 0.255 e. The molecule has 27 heavy (non-hydrogen) atoms. The molecule has 5 nitrogen and oxygen atoms in total. The molecular weight excluding hydrogens is 387 g/mol. The molecule has 140 valence electrons. The second-order valence-corrected chi connectivity index (χ2v) is 7.91. The minimum Gasteiger partial charge on any atom is -0.352 e. The number of benzene rings is 1. The van der Waals surface area contributed by atoms with Crippen LogP contribution in [0.15, 0.2) is 30.6 Å². The first-order valence-electron chi connectivity index (χ1n) is 8.79.